The van der Waals surface area contributed by atoms with Crippen LogP contribution in [0, 0.1) is 0 Å². The van der Waals surface area contributed by atoms with Gasteiger partial charge >= 0.3 is 6.18 Å². The number of benzene rings is 2. The van der Waals surface area contributed by atoms with E-state index in [1.54, 1.807) is 30.9 Å². The maximum absolute atomic E-state index is 12.9. The van der Waals surface area contributed by atoms with Crippen LogP contribution >= 0.6 is 0 Å². The normalized spacial score (nSPS) is 16.2. The maximum atomic E-state index is 12.9. The van der Waals surface area contributed by atoms with Crippen LogP contribution in [0.25, 0.3) is 0 Å². The average Bonchev–Trinajstić information content (AvgIpc) is 2.71. The molecule has 3 amide bonds. The second-order valence-corrected chi connectivity index (χ2v) is 7.90. The molecule has 32 heavy (non-hydrogen) atoms. The molecular formula is C22H23F3N4O3. The summed E-state index contributed by atoms with van der Waals surface area (Å²) in [5.41, 5.74) is -1.18. The Hall–Kier alpha value is -3.40. The van der Waals surface area contributed by atoms with E-state index in [0.717, 1.165) is 12.1 Å². The first kappa shape index (κ1) is 23.3. The van der Waals surface area contributed by atoms with E-state index in [2.05, 4.69) is 16.0 Å². The van der Waals surface area contributed by atoms with Crippen LogP contribution in [0.1, 0.15) is 29.8 Å². The summed E-state index contributed by atoms with van der Waals surface area (Å²) in [5, 5.41) is 7.87. The molecule has 0 radical (unpaired) electrons. The fourth-order valence-corrected chi connectivity index (χ4v) is 3.31. The summed E-state index contributed by atoms with van der Waals surface area (Å²) in [7, 11) is 0. The zero-order valence-electron chi connectivity index (χ0n) is 17.5. The van der Waals surface area contributed by atoms with E-state index in [1.807, 2.05) is 0 Å². The van der Waals surface area contributed by atoms with Crippen LogP contribution in [0.2, 0.25) is 0 Å². The Labute approximate surface area is 183 Å². The summed E-state index contributed by atoms with van der Waals surface area (Å²) < 4.78 is 38.6. The van der Waals surface area contributed by atoms with Crippen LogP contribution in [0.15, 0.2) is 48.5 Å². The van der Waals surface area contributed by atoms with Crippen molar-refractivity contribution in [1.82, 2.24) is 10.2 Å². The number of amides is 3. The van der Waals surface area contributed by atoms with Crippen LogP contribution in [-0.4, -0.2) is 47.8 Å². The van der Waals surface area contributed by atoms with E-state index in [1.165, 1.54) is 24.3 Å². The molecule has 1 aliphatic heterocycles. The van der Waals surface area contributed by atoms with Gasteiger partial charge in [-0.3, -0.25) is 19.3 Å². The van der Waals surface area contributed by atoms with Gasteiger partial charge in [0.05, 0.1) is 17.6 Å². The number of halogens is 3. The smallest absolute Gasteiger partial charge is 0.353 e. The predicted molar refractivity (Wildman–Crippen MR) is 113 cm³/mol. The first-order valence-electron chi connectivity index (χ1n) is 9.89. The Bertz CT molecular complexity index is 1040. The fraction of sp³-hybridized carbons (Fsp3) is 0.318. The third kappa shape index (κ3) is 5.44. The number of alkyl halides is 3. The molecule has 7 nitrogen and oxygen atoms in total. The van der Waals surface area contributed by atoms with E-state index >= 15 is 0 Å². The number of nitrogens with zero attached hydrogens (tertiary/aromatic N) is 1. The summed E-state index contributed by atoms with van der Waals surface area (Å²) >= 11 is 0. The molecule has 0 bridgehead atoms. The van der Waals surface area contributed by atoms with Gasteiger partial charge in [-0.05, 0) is 50.2 Å². The fourth-order valence-electron chi connectivity index (χ4n) is 3.31. The van der Waals surface area contributed by atoms with Crippen molar-refractivity contribution in [3.63, 3.8) is 0 Å². The second-order valence-electron chi connectivity index (χ2n) is 7.90. The lowest BCUT2D eigenvalue weighted by Crippen LogP contribution is -2.62. The van der Waals surface area contributed by atoms with Gasteiger partial charge in [0, 0.05) is 30.0 Å². The van der Waals surface area contributed by atoms with E-state index in [4.69, 9.17) is 0 Å². The Morgan fingerprint density at radius 2 is 1.72 bits per heavy atom. The van der Waals surface area contributed by atoms with Crippen molar-refractivity contribution in [2.24, 2.45) is 0 Å². The molecule has 0 aromatic heterocycles. The van der Waals surface area contributed by atoms with E-state index in [-0.39, 0.29) is 29.6 Å². The monoisotopic (exact) mass is 448 g/mol. The maximum Gasteiger partial charge on any atom is 0.416 e. The molecule has 0 aliphatic carbocycles. The third-order valence-corrected chi connectivity index (χ3v) is 5.20. The van der Waals surface area contributed by atoms with Gasteiger partial charge in [-0.15, -0.1) is 0 Å². The average molecular weight is 448 g/mol. The van der Waals surface area contributed by atoms with Gasteiger partial charge in [-0.2, -0.15) is 13.2 Å². The van der Waals surface area contributed by atoms with Crippen molar-refractivity contribution >= 4 is 29.1 Å². The first-order chi connectivity index (χ1) is 15.0. The molecular weight excluding hydrogens is 425 g/mol. The third-order valence-electron chi connectivity index (χ3n) is 5.20. The molecule has 1 saturated heterocycles. The number of hydrogen-bond donors (Lipinski definition) is 3. The Morgan fingerprint density at radius 1 is 1.06 bits per heavy atom. The van der Waals surface area contributed by atoms with Crippen molar-refractivity contribution in [3.05, 3.63) is 59.7 Å². The Morgan fingerprint density at radius 3 is 2.41 bits per heavy atom. The zero-order valence-corrected chi connectivity index (χ0v) is 17.5. The van der Waals surface area contributed by atoms with Gasteiger partial charge in [0.25, 0.3) is 5.91 Å². The van der Waals surface area contributed by atoms with Crippen LogP contribution < -0.4 is 16.0 Å². The van der Waals surface area contributed by atoms with Crippen LogP contribution in [0.3, 0.4) is 0 Å². The van der Waals surface area contributed by atoms with Crippen molar-refractivity contribution in [2.75, 3.05) is 30.3 Å². The minimum Gasteiger partial charge on any atom is -0.353 e. The minimum atomic E-state index is -4.52. The molecule has 3 rings (SSSR count). The number of carbonyl (C=O) groups excluding carboxylic acids is 3. The molecule has 0 spiro atoms. The molecule has 10 heteroatoms. The van der Waals surface area contributed by atoms with Crippen molar-refractivity contribution in [1.29, 1.82) is 0 Å². The lowest BCUT2D eigenvalue weighted by atomic mass is 9.99. The molecule has 0 atom stereocenters. The van der Waals surface area contributed by atoms with E-state index in [9.17, 15) is 27.6 Å². The van der Waals surface area contributed by atoms with Crippen molar-refractivity contribution in [2.45, 2.75) is 25.6 Å². The Kier molecular flexibility index (Phi) is 6.54. The van der Waals surface area contributed by atoms with Gasteiger partial charge in [0.15, 0.2) is 0 Å². The van der Waals surface area contributed by atoms with Gasteiger partial charge in [-0.25, -0.2) is 0 Å². The number of hydrogen-bond acceptors (Lipinski definition) is 4. The SMILES string of the molecule is CC1(C)C(=O)NCCN1CC(=O)Nc1cccc(C(=O)Nc2cccc(C(F)(F)F)c2)c1. The summed E-state index contributed by atoms with van der Waals surface area (Å²) in [4.78, 5) is 38.8. The number of carbonyl (C=O) groups is 3. The molecule has 1 aliphatic rings. The van der Waals surface area contributed by atoms with E-state index in [0.29, 0.717) is 18.8 Å². The Balaban J connectivity index is 1.65. The molecule has 2 aromatic carbocycles. The molecule has 0 unspecified atom stereocenters. The first-order valence-corrected chi connectivity index (χ1v) is 9.89. The molecule has 170 valence electrons. The topological polar surface area (TPSA) is 90.5 Å². The van der Waals surface area contributed by atoms with Gasteiger partial charge < -0.3 is 16.0 Å². The lowest BCUT2D eigenvalue weighted by Gasteiger charge is -2.40. The standard InChI is InChI=1S/C22H23F3N4O3/c1-21(2)20(32)26-9-10-29(21)13-18(30)27-16-7-3-5-14(11-16)19(31)28-17-8-4-6-15(12-17)22(23,24)25/h3-8,11-12H,9-10,13H2,1-2H3,(H,26,32)(H,27,30)(H,28,31). The minimum absolute atomic E-state index is 0.00451. The zero-order chi connectivity index (χ0) is 23.5. The molecule has 2 aromatic rings. The highest BCUT2D eigenvalue weighted by Crippen LogP contribution is 2.30. The summed E-state index contributed by atoms with van der Waals surface area (Å²) in [6.07, 6.45) is -4.52. The van der Waals surface area contributed by atoms with Crippen LogP contribution in [-0.2, 0) is 15.8 Å². The van der Waals surface area contributed by atoms with E-state index < -0.39 is 23.2 Å². The number of nitrogens with one attached hydrogen (secondary N) is 3. The molecule has 3 N–H and O–H groups in total. The molecule has 1 fully saturated rings. The highest BCUT2D eigenvalue weighted by Gasteiger charge is 2.38. The van der Waals surface area contributed by atoms with Gasteiger partial charge in [0.2, 0.25) is 11.8 Å². The van der Waals surface area contributed by atoms with Crippen molar-refractivity contribution < 1.29 is 27.6 Å². The van der Waals surface area contributed by atoms with Crippen LogP contribution in [0.4, 0.5) is 24.5 Å². The molecule has 0 saturated carbocycles. The lowest BCUT2D eigenvalue weighted by molar-refractivity contribution is -0.138. The highest BCUT2D eigenvalue weighted by atomic mass is 19.4. The number of piperazine rings is 1. The predicted octanol–water partition coefficient (Wildman–Crippen LogP) is 3.11. The van der Waals surface area contributed by atoms with Gasteiger partial charge in [-0.1, -0.05) is 12.1 Å². The quantitative estimate of drug-likeness (QED) is 0.656. The second kappa shape index (κ2) is 8.99. The largest absolute Gasteiger partial charge is 0.416 e. The van der Waals surface area contributed by atoms with Crippen molar-refractivity contribution in [3.8, 4) is 0 Å². The summed E-state index contributed by atoms with van der Waals surface area (Å²) in [6.45, 7) is 4.41. The van der Waals surface area contributed by atoms with Gasteiger partial charge in [0.1, 0.15) is 0 Å². The van der Waals surface area contributed by atoms with Crippen LogP contribution in [0.5, 0.6) is 0 Å². The number of rotatable bonds is 5. The summed E-state index contributed by atoms with van der Waals surface area (Å²) in [5.74, 6) is -1.14. The number of anilines is 2. The summed E-state index contributed by atoms with van der Waals surface area (Å²) in [6, 6.07) is 10.4. The molecule has 1 heterocycles. The highest BCUT2D eigenvalue weighted by molar-refractivity contribution is 6.05.